The summed E-state index contributed by atoms with van der Waals surface area (Å²) in [5.74, 6) is 0.0226. The zero-order chi connectivity index (χ0) is 18.5. The number of nitrogens with one attached hydrogen (secondary N) is 2. The van der Waals surface area contributed by atoms with E-state index in [9.17, 15) is 14.7 Å². The number of aliphatic hydroxyl groups is 1. The number of nitrogens with zero attached hydrogens (tertiary/aromatic N) is 3. The molecule has 9 heteroatoms. The molecule has 0 saturated heterocycles. The molecular formula is C17H22N6O3. The number of H-pyrrole nitrogens is 1. The number of hydrogen-bond donors (Lipinski definition) is 4. The lowest BCUT2D eigenvalue weighted by Crippen LogP contribution is -2.48. The highest BCUT2D eigenvalue weighted by atomic mass is 16.3. The normalized spacial score (nSPS) is 20.2. The summed E-state index contributed by atoms with van der Waals surface area (Å²) in [5, 5.41) is 20.0. The van der Waals surface area contributed by atoms with E-state index in [0.717, 1.165) is 5.56 Å². The molecule has 9 nitrogen and oxygen atoms in total. The van der Waals surface area contributed by atoms with Gasteiger partial charge in [-0.2, -0.15) is 0 Å². The zero-order valence-corrected chi connectivity index (χ0v) is 14.3. The van der Waals surface area contributed by atoms with Crippen LogP contribution in [0.3, 0.4) is 0 Å². The molecule has 0 unspecified atom stereocenters. The number of carbonyl (C=O) groups is 1. The summed E-state index contributed by atoms with van der Waals surface area (Å²) in [5.41, 5.74) is 6.18. The topological polar surface area (TPSA) is 147 Å². The molecule has 0 spiro atoms. The van der Waals surface area contributed by atoms with E-state index >= 15 is 0 Å². The number of amides is 1. The minimum absolute atomic E-state index is 0.0517. The number of pyridine rings is 1. The summed E-state index contributed by atoms with van der Waals surface area (Å²) in [6, 6.07) is 3.76. The Bertz CT molecular complexity index is 804. The Kier molecular flexibility index (Phi) is 5.57. The molecule has 0 aromatic carbocycles. The number of aromatic nitrogens is 4. The van der Waals surface area contributed by atoms with Gasteiger partial charge in [0.05, 0.1) is 6.10 Å². The SMILES string of the molecule is Nc1nnc(CCC(=O)N[C@@H](Cc2ccncc2)C2CC(O)C2)c(=O)[nH]1. The second-order valence-corrected chi connectivity index (χ2v) is 6.60. The summed E-state index contributed by atoms with van der Waals surface area (Å²) in [4.78, 5) is 30.4. The lowest BCUT2D eigenvalue weighted by atomic mass is 9.75. The molecule has 1 atom stereocenters. The first-order chi connectivity index (χ1) is 12.5. The van der Waals surface area contributed by atoms with Crippen molar-refractivity contribution in [3.63, 3.8) is 0 Å². The van der Waals surface area contributed by atoms with Gasteiger partial charge in [0.15, 0.2) is 0 Å². The van der Waals surface area contributed by atoms with E-state index in [1.807, 2.05) is 12.1 Å². The van der Waals surface area contributed by atoms with Crippen molar-refractivity contribution in [2.75, 3.05) is 5.73 Å². The largest absolute Gasteiger partial charge is 0.393 e. The van der Waals surface area contributed by atoms with E-state index in [-0.39, 0.29) is 48.5 Å². The monoisotopic (exact) mass is 358 g/mol. The van der Waals surface area contributed by atoms with Crippen molar-refractivity contribution in [3.8, 4) is 0 Å². The van der Waals surface area contributed by atoms with Crippen molar-refractivity contribution >= 4 is 11.9 Å². The fourth-order valence-electron chi connectivity index (χ4n) is 3.11. The van der Waals surface area contributed by atoms with Crippen LogP contribution in [0.2, 0.25) is 0 Å². The van der Waals surface area contributed by atoms with E-state index in [1.165, 1.54) is 0 Å². The molecule has 1 aliphatic rings. The standard InChI is InChI=1S/C17H22N6O3/c18-17-21-16(26)13(22-23-17)1-2-15(25)20-14(11-8-12(24)9-11)7-10-3-5-19-6-4-10/h3-6,11-12,14,24H,1-2,7-9H2,(H,20,25)(H3,18,21,23,26)/t11?,12?,14-/m0/s1. The summed E-state index contributed by atoms with van der Waals surface area (Å²) < 4.78 is 0. The highest BCUT2D eigenvalue weighted by molar-refractivity contribution is 5.76. The average Bonchev–Trinajstić information content (AvgIpc) is 2.58. The Labute approximate surface area is 150 Å². The minimum atomic E-state index is -0.430. The van der Waals surface area contributed by atoms with Crippen LogP contribution >= 0.6 is 0 Å². The highest BCUT2D eigenvalue weighted by Crippen LogP contribution is 2.31. The van der Waals surface area contributed by atoms with Gasteiger partial charge in [0.2, 0.25) is 11.9 Å². The van der Waals surface area contributed by atoms with Crippen molar-refractivity contribution in [2.45, 2.75) is 44.2 Å². The number of rotatable bonds is 7. The molecule has 0 aliphatic heterocycles. The summed E-state index contributed by atoms with van der Waals surface area (Å²) in [7, 11) is 0. The summed E-state index contributed by atoms with van der Waals surface area (Å²) >= 11 is 0. The van der Waals surface area contributed by atoms with Crippen LogP contribution < -0.4 is 16.6 Å². The van der Waals surface area contributed by atoms with Crippen LogP contribution in [0.4, 0.5) is 5.95 Å². The maximum Gasteiger partial charge on any atom is 0.274 e. The van der Waals surface area contributed by atoms with Gasteiger partial charge < -0.3 is 16.2 Å². The van der Waals surface area contributed by atoms with E-state index < -0.39 is 5.56 Å². The van der Waals surface area contributed by atoms with Gasteiger partial charge in [-0.3, -0.25) is 19.6 Å². The quantitative estimate of drug-likeness (QED) is 0.525. The third kappa shape index (κ3) is 4.63. The Balaban J connectivity index is 1.58. The third-order valence-electron chi connectivity index (χ3n) is 4.64. The number of carbonyl (C=O) groups excluding carboxylic acids is 1. The zero-order valence-electron chi connectivity index (χ0n) is 14.3. The number of aliphatic hydroxyl groups excluding tert-OH is 1. The molecule has 0 radical (unpaired) electrons. The number of nitrogen functional groups attached to an aromatic ring is 1. The molecule has 1 aliphatic carbocycles. The van der Waals surface area contributed by atoms with Crippen molar-refractivity contribution in [1.29, 1.82) is 0 Å². The minimum Gasteiger partial charge on any atom is -0.393 e. The van der Waals surface area contributed by atoms with Crippen LogP contribution in [-0.4, -0.2) is 43.3 Å². The Morgan fingerprint density at radius 3 is 2.73 bits per heavy atom. The predicted molar refractivity (Wildman–Crippen MR) is 94.0 cm³/mol. The van der Waals surface area contributed by atoms with Crippen LogP contribution in [0.5, 0.6) is 0 Å². The lowest BCUT2D eigenvalue weighted by Gasteiger charge is -2.38. The van der Waals surface area contributed by atoms with Crippen molar-refractivity contribution in [3.05, 3.63) is 46.1 Å². The van der Waals surface area contributed by atoms with Crippen LogP contribution in [0.1, 0.15) is 30.5 Å². The number of aromatic amines is 1. The number of hydrogen-bond acceptors (Lipinski definition) is 7. The van der Waals surface area contributed by atoms with Gasteiger partial charge in [0, 0.05) is 31.3 Å². The first-order valence-electron chi connectivity index (χ1n) is 8.59. The van der Waals surface area contributed by atoms with E-state index in [1.54, 1.807) is 12.4 Å². The van der Waals surface area contributed by atoms with Crippen molar-refractivity contribution in [1.82, 2.24) is 25.5 Å². The Morgan fingerprint density at radius 2 is 2.08 bits per heavy atom. The molecule has 2 heterocycles. The lowest BCUT2D eigenvalue weighted by molar-refractivity contribution is -0.122. The summed E-state index contributed by atoms with van der Waals surface area (Å²) in [6.45, 7) is 0. The van der Waals surface area contributed by atoms with Crippen LogP contribution in [0.15, 0.2) is 29.3 Å². The fraction of sp³-hybridized carbons (Fsp3) is 0.471. The van der Waals surface area contributed by atoms with Gasteiger partial charge in [-0.15, -0.1) is 10.2 Å². The first kappa shape index (κ1) is 18.0. The second-order valence-electron chi connectivity index (χ2n) is 6.60. The molecule has 2 aromatic rings. The van der Waals surface area contributed by atoms with Crippen LogP contribution in [-0.2, 0) is 17.6 Å². The Morgan fingerprint density at radius 1 is 1.35 bits per heavy atom. The van der Waals surface area contributed by atoms with E-state index in [4.69, 9.17) is 5.73 Å². The number of nitrogens with two attached hydrogens (primary N) is 1. The molecular weight excluding hydrogens is 336 g/mol. The highest BCUT2D eigenvalue weighted by Gasteiger charge is 2.34. The maximum absolute atomic E-state index is 12.4. The van der Waals surface area contributed by atoms with Crippen LogP contribution in [0, 0.1) is 5.92 Å². The van der Waals surface area contributed by atoms with Crippen molar-refractivity contribution in [2.24, 2.45) is 5.92 Å². The van der Waals surface area contributed by atoms with Crippen LogP contribution in [0.25, 0.3) is 0 Å². The van der Waals surface area contributed by atoms with Gasteiger partial charge in [-0.25, -0.2) is 0 Å². The molecule has 1 fully saturated rings. The van der Waals surface area contributed by atoms with E-state index in [0.29, 0.717) is 19.3 Å². The van der Waals surface area contributed by atoms with Gasteiger partial charge >= 0.3 is 0 Å². The molecule has 1 amide bonds. The molecule has 3 rings (SSSR count). The van der Waals surface area contributed by atoms with Gasteiger partial charge in [-0.1, -0.05) is 0 Å². The smallest absolute Gasteiger partial charge is 0.274 e. The number of anilines is 1. The third-order valence-corrected chi connectivity index (χ3v) is 4.64. The fourth-order valence-corrected chi connectivity index (χ4v) is 3.11. The molecule has 0 bridgehead atoms. The molecule has 1 saturated carbocycles. The molecule has 26 heavy (non-hydrogen) atoms. The van der Waals surface area contributed by atoms with Gasteiger partial charge in [0.25, 0.3) is 5.56 Å². The molecule has 5 N–H and O–H groups in total. The average molecular weight is 358 g/mol. The second kappa shape index (κ2) is 8.05. The van der Waals surface area contributed by atoms with Gasteiger partial charge in [0.1, 0.15) is 5.69 Å². The van der Waals surface area contributed by atoms with Crippen molar-refractivity contribution < 1.29 is 9.90 Å². The summed E-state index contributed by atoms with van der Waals surface area (Å²) in [6.07, 6.45) is 5.49. The molecule has 138 valence electrons. The van der Waals surface area contributed by atoms with Gasteiger partial charge in [-0.05, 0) is 42.9 Å². The molecule has 2 aromatic heterocycles. The number of aryl methyl sites for hydroxylation is 1. The Hall–Kier alpha value is -2.81. The predicted octanol–water partition coefficient (Wildman–Crippen LogP) is -0.427. The van der Waals surface area contributed by atoms with E-state index in [2.05, 4.69) is 25.5 Å². The first-order valence-corrected chi connectivity index (χ1v) is 8.59. The maximum atomic E-state index is 12.4.